The monoisotopic (exact) mass is 261 g/mol. The molecule has 1 atom stereocenters. The number of hydrogen-bond acceptors (Lipinski definition) is 5. The van der Waals surface area contributed by atoms with Crippen LogP contribution in [0.15, 0.2) is 12.3 Å². The molecule has 0 aromatic carbocycles. The summed E-state index contributed by atoms with van der Waals surface area (Å²) in [5.74, 6) is 0.750. The van der Waals surface area contributed by atoms with Crippen LogP contribution in [0.5, 0.6) is 6.01 Å². The quantitative estimate of drug-likeness (QED) is 0.912. The molecule has 0 aliphatic heterocycles. The molecule has 2 rings (SSSR count). The van der Waals surface area contributed by atoms with Crippen molar-refractivity contribution in [3.63, 3.8) is 0 Å². The van der Waals surface area contributed by atoms with Crippen molar-refractivity contribution in [1.29, 1.82) is 0 Å². The Morgan fingerprint density at radius 3 is 2.63 bits per heavy atom. The summed E-state index contributed by atoms with van der Waals surface area (Å²) < 4.78 is 6.89. The highest BCUT2D eigenvalue weighted by Gasteiger charge is 2.13. The number of methoxy groups -OCH3 is 1. The highest BCUT2D eigenvalue weighted by atomic mass is 16.5. The molecule has 2 aromatic rings. The maximum Gasteiger partial charge on any atom is 0.318 e. The number of rotatable bonds is 4. The van der Waals surface area contributed by atoms with Gasteiger partial charge in [0.1, 0.15) is 5.82 Å². The van der Waals surface area contributed by atoms with Gasteiger partial charge < -0.3 is 10.1 Å². The maximum absolute atomic E-state index is 5.07. The van der Waals surface area contributed by atoms with E-state index in [-0.39, 0.29) is 6.04 Å². The van der Waals surface area contributed by atoms with Crippen molar-refractivity contribution in [2.75, 3.05) is 12.4 Å². The molecule has 0 spiro atoms. The van der Waals surface area contributed by atoms with E-state index in [4.69, 9.17) is 4.74 Å². The van der Waals surface area contributed by atoms with Gasteiger partial charge in [-0.1, -0.05) is 0 Å². The van der Waals surface area contributed by atoms with E-state index in [1.165, 1.54) is 0 Å². The van der Waals surface area contributed by atoms with Gasteiger partial charge in [-0.25, -0.2) is 4.98 Å². The molecule has 0 saturated heterocycles. The normalized spacial score (nSPS) is 12.3. The van der Waals surface area contributed by atoms with Crippen LogP contribution in [0.2, 0.25) is 0 Å². The number of hydrogen-bond donors (Lipinski definition) is 1. The minimum absolute atomic E-state index is 0.118. The predicted octanol–water partition coefficient (Wildman–Crippen LogP) is 2.01. The van der Waals surface area contributed by atoms with Gasteiger partial charge in [0, 0.05) is 30.6 Å². The average Bonchev–Trinajstić information content (AvgIpc) is 2.67. The predicted molar refractivity (Wildman–Crippen MR) is 73.3 cm³/mol. The molecule has 0 saturated carbocycles. The zero-order valence-corrected chi connectivity index (χ0v) is 11.9. The fraction of sp³-hybridized carbons (Fsp3) is 0.462. The van der Waals surface area contributed by atoms with Crippen LogP contribution in [0.3, 0.4) is 0 Å². The van der Waals surface area contributed by atoms with Crippen molar-refractivity contribution < 1.29 is 4.74 Å². The van der Waals surface area contributed by atoms with E-state index in [0.717, 1.165) is 22.8 Å². The van der Waals surface area contributed by atoms with E-state index in [1.54, 1.807) is 7.11 Å². The molecule has 0 radical (unpaired) electrons. The van der Waals surface area contributed by atoms with Gasteiger partial charge in [-0.05, 0) is 20.8 Å². The first-order valence-corrected chi connectivity index (χ1v) is 6.16. The fourth-order valence-electron chi connectivity index (χ4n) is 2.05. The van der Waals surface area contributed by atoms with E-state index in [0.29, 0.717) is 6.01 Å². The van der Waals surface area contributed by atoms with Crippen LogP contribution in [0.4, 0.5) is 5.82 Å². The fourth-order valence-corrected chi connectivity index (χ4v) is 2.05. The number of nitrogens with zero attached hydrogens (tertiary/aromatic N) is 4. The topological polar surface area (TPSA) is 64.9 Å². The molecule has 1 unspecified atom stereocenters. The number of anilines is 1. The molecular formula is C13H19N5O. The van der Waals surface area contributed by atoms with Crippen molar-refractivity contribution in [3.05, 3.63) is 29.2 Å². The van der Waals surface area contributed by atoms with E-state index in [2.05, 4.69) is 27.3 Å². The van der Waals surface area contributed by atoms with E-state index in [9.17, 15) is 0 Å². The third kappa shape index (κ3) is 3.01. The Balaban J connectivity index is 2.21. The Hall–Kier alpha value is -2.11. The third-order valence-electron chi connectivity index (χ3n) is 2.90. The standard InChI is InChI=1S/C13H19N5O/c1-8-6-12(16-13(14-8)19-5)15-9(2)11-7-18(4)17-10(11)3/h6-7,9H,1-5H3,(H,14,15,16). The molecule has 2 heterocycles. The van der Waals surface area contributed by atoms with E-state index >= 15 is 0 Å². The number of ether oxygens (including phenoxy) is 1. The second kappa shape index (κ2) is 5.26. The highest BCUT2D eigenvalue weighted by Crippen LogP contribution is 2.21. The summed E-state index contributed by atoms with van der Waals surface area (Å²) in [6, 6.07) is 2.38. The maximum atomic E-state index is 5.07. The van der Waals surface area contributed by atoms with Gasteiger partial charge in [0.05, 0.1) is 18.8 Å². The molecule has 0 bridgehead atoms. The van der Waals surface area contributed by atoms with Crippen LogP contribution in [0.1, 0.15) is 29.9 Å². The summed E-state index contributed by atoms with van der Waals surface area (Å²) in [7, 11) is 3.48. The van der Waals surface area contributed by atoms with Gasteiger partial charge in [0.25, 0.3) is 0 Å². The zero-order chi connectivity index (χ0) is 14.0. The Kier molecular flexibility index (Phi) is 3.69. The largest absolute Gasteiger partial charge is 0.467 e. The molecule has 0 aliphatic rings. The summed E-state index contributed by atoms with van der Waals surface area (Å²) in [6.07, 6.45) is 2.01. The summed E-state index contributed by atoms with van der Waals surface area (Å²) in [5.41, 5.74) is 3.03. The van der Waals surface area contributed by atoms with Gasteiger partial charge in [0.2, 0.25) is 0 Å². The summed E-state index contributed by atoms with van der Waals surface area (Å²) in [5, 5.41) is 7.69. The summed E-state index contributed by atoms with van der Waals surface area (Å²) >= 11 is 0. The third-order valence-corrected chi connectivity index (χ3v) is 2.90. The summed E-state index contributed by atoms with van der Waals surface area (Å²) in [6.45, 7) is 5.99. The first kappa shape index (κ1) is 13.3. The molecule has 2 aromatic heterocycles. The number of aryl methyl sites for hydroxylation is 3. The lowest BCUT2D eigenvalue weighted by Gasteiger charge is -2.14. The molecule has 19 heavy (non-hydrogen) atoms. The molecular weight excluding hydrogens is 242 g/mol. The zero-order valence-electron chi connectivity index (χ0n) is 11.9. The Morgan fingerprint density at radius 1 is 1.32 bits per heavy atom. The van der Waals surface area contributed by atoms with Gasteiger partial charge >= 0.3 is 6.01 Å². The average molecular weight is 261 g/mol. The summed E-state index contributed by atoms with van der Waals surface area (Å²) in [4.78, 5) is 8.45. The van der Waals surface area contributed by atoms with Crippen molar-refractivity contribution in [1.82, 2.24) is 19.7 Å². The van der Waals surface area contributed by atoms with Crippen LogP contribution in [0, 0.1) is 13.8 Å². The van der Waals surface area contributed by atoms with Crippen LogP contribution in [-0.4, -0.2) is 26.9 Å². The van der Waals surface area contributed by atoms with Gasteiger partial charge in [-0.15, -0.1) is 0 Å². The van der Waals surface area contributed by atoms with Crippen LogP contribution >= 0.6 is 0 Å². The lowest BCUT2D eigenvalue weighted by Crippen LogP contribution is -2.09. The second-order valence-electron chi connectivity index (χ2n) is 4.59. The van der Waals surface area contributed by atoms with Crippen LogP contribution in [0.25, 0.3) is 0 Å². The minimum atomic E-state index is 0.118. The smallest absolute Gasteiger partial charge is 0.318 e. The van der Waals surface area contributed by atoms with E-state index in [1.807, 2.05) is 37.8 Å². The minimum Gasteiger partial charge on any atom is -0.467 e. The molecule has 0 aliphatic carbocycles. The number of nitrogens with one attached hydrogen (secondary N) is 1. The SMILES string of the molecule is COc1nc(C)cc(NC(C)c2cn(C)nc2C)n1. The van der Waals surface area contributed by atoms with Gasteiger partial charge in [-0.2, -0.15) is 10.1 Å². The molecule has 0 amide bonds. The molecule has 6 nitrogen and oxygen atoms in total. The van der Waals surface area contributed by atoms with Crippen molar-refractivity contribution in [2.45, 2.75) is 26.8 Å². The van der Waals surface area contributed by atoms with Gasteiger partial charge in [-0.3, -0.25) is 4.68 Å². The second-order valence-corrected chi connectivity index (χ2v) is 4.59. The number of aromatic nitrogens is 4. The first-order valence-electron chi connectivity index (χ1n) is 6.16. The Morgan fingerprint density at radius 2 is 2.05 bits per heavy atom. The lowest BCUT2D eigenvalue weighted by molar-refractivity contribution is 0.379. The van der Waals surface area contributed by atoms with Crippen molar-refractivity contribution in [2.24, 2.45) is 7.05 Å². The molecule has 6 heteroatoms. The van der Waals surface area contributed by atoms with Crippen molar-refractivity contribution in [3.8, 4) is 6.01 Å². The molecule has 102 valence electrons. The van der Waals surface area contributed by atoms with Crippen LogP contribution in [-0.2, 0) is 7.05 Å². The molecule has 0 fully saturated rings. The lowest BCUT2D eigenvalue weighted by atomic mass is 10.1. The van der Waals surface area contributed by atoms with Crippen LogP contribution < -0.4 is 10.1 Å². The van der Waals surface area contributed by atoms with Gasteiger partial charge in [0.15, 0.2) is 0 Å². The first-order chi connectivity index (χ1) is 8.99. The Labute approximate surface area is 112 Å². The highest BCUT2D eigenvalue weighted by molar-refractivity contribution is 5.40. The Bertz CT molecular complexity index is 578. The van der Waals surface area contributed by atoms with E-state index < -0.39 is 0 Å². The molecule has 1 N–H and O–H groups in total. The van der Waals surface area contributed by atoms with Crippen molar-refractivity contribution >= 4 is 5.82 Å².